The van der Waals surface area contributed by atoms with Crippen LogP contribution >= 0.6 is 0 Å². The highest BCUT2D eigenvalue weighted by Gasteiger charge is 2.25. The maximum atomic E-state index is 12.2. The Balaban J connectivity index is 2.19. The quantitative estimate of drug-likeness (QED) is 0.773. The van der Waals surface area contributed by atoms with Crippen LogP contribution in [0.1, 0.15) is 24.6 Å². The molecule has 0 aliphatic heterocycles. The van der Waals surface area contributed by atoms with E-state index in [1.54, 1.807) is 35.3 Å². The third-order valence-corrected chi connectivity index (χ3v) is 2.88. The van der Waals surface area contributed by atoms with Gasteiger partial charge in [-0.3, -0.25) is 9.36 Å². The Morgan fingerprint density at radius 3 is 2.94 bits per heavy atom. The summed E-state index contributed by atoms with van der Waals surface area (Å²) < 4.78 is 3.23. The van der Waals surface area contributed by atoms with Crippen molar-refractivity contribution in [1.29, 1.82) is 5.26 Å². The van der Waals surface area contributed by atoms with Crippen molar-refractivity contribution in [1.82, 2.24) is 14.1 Å². The predicted molar refractivity (Wildman–Crippen MR) is 60.8 cm³/mol. The van der Waals surface area contributed by atoms with Gasteiger partial charge in [0.25, 0.3) is 5.56 Å². The van der Waals surface area contributed by atoms with Crippen LogP contribution in [0.3, 0.4) is 0 Å². The van der Waals surface area contributed by atoms with E-state index < -0.39 is 0 Å². The van der Waals surface area contributed by atoms with Gasteiger partial charge in [0.05, 0.1) is 0 Å². The summed E-state index contributed by atoms with van der Waals surface area (Å²) in [5.41, 5.74) is 0.283. The molecule has 1 aliphatic rings. The molecular formula is C12H10N4O. The van der Waals surface area contributed by atoms with E-state index in [-0.39, 0.29) is 5.56 Å². The molecule has 1 saturated carbocycles. The number of hydrogen-bond donors (Lipinski definition) is 0. The minimum Gasteiger partial charge on any atom is -0.308 e. The topological polar surface area (TPSA) is 63.6 Å². The third-order valence-electron chi connectivity index (χ3n) is 2.88. The highest BCUT2D eigenvalue weighted by molar-refractivity contribution is 5.32. The van der Waals surface area contributed by atoms with Crippen LogP contribution in [-0.4, -0.2) is 14.1 Å². The summed E-state index contributed by atoms with van der Waals surface area (Å²) >= 11 is 0. The monoisotopic (exact) mass is 226 g/mol. The van der Waals surface area contributed by atoms with Crippen molar-refractivity contribution in [3.63, 3.8) is 0 Å². The maximum absolute atomic E-state index is 12.2. The normalized spacial score (nSPS) is 14.5. The van der Waals surface area contributed by atoms with Crippen molar-refractivity contribution in [2.24, 2.45) is 0 Å². The Hall–Kier alpha value is -2.35. The molecule has 0 amide bonds. The lowest BCUT2D eigenvalue weighted by Crippen LogP contribution is -2.24. The first-order valence-electron chi connectivity index (χ1n) is 5.46. The average molecular weight is 226 g/mol. The van der Waals surface area contributed by atoms with E-state index in [4.69, 9.17) is 5.26 Å². The summed E-state index contributed by atoms with van der Waals surface area (Å²) in [6.07, 6.45) is 7.08. The highest BCUT2D eigenvalue weighted by atomic mass is 16.1. The third kappa shape index (κ3) is 1.54. The molecule has 0 aromatic carbocycles. The number of nitriles is 1. The molecule has 0 bridgehead atoms. The molecule has 5 heteroatoms. The molecule has 0 N–H and O–H groups in total. The molecule has 0 spiro atoms. The number of rotatable bonds is 2. The van der Waals surface area contributed by atoms with E-state index in [0.717, 1.165) is 12.8 Å². The molecular weight excluding hydrogens is 216 g/mol. The summed E-state index contributed by atoms with van der Waals surface area (Å²) in [6, 6.07) is 5.74. The van der Waals surface area contributed by atoms with Gasteiger partial charge in [-0.1, -0.05) is 0 Å². The molecule has 0 saturated heterocycles. The van der Waals surface area contributed by atoms with Crippen LogP contribution in [-0.2, 0) is 0 Å². The number of hydrogen-bond acceptors (Lipinski definition) is 3. The van der Waals surface area contributed by atoms with E-state index in [9.17, 15) is 4.79 Å². The SMILES string of the molecule is N#Cc1cccn1-c1nccn(C2CC2)c1=O. The molecule has 17 heavy (non-hydrogen) atoms. The zero-order valence-corrected chi connectivity index (χ0v) is 9.08. The lowest BCUT2D eigenvalue weighted by molar-refractivity contribution is 0.687. The van der Waals surface area contributed by atoms with Gasteiger partial charge in [-0.2, -0.15) is 5.26 Å². The van der Waals surface area contributed by atoms with Crippen LogP contribution in [0.15, 0.2) is 35.5 Å². The first kappa shape index (κ1) is 9.85. The van der Waals surface area contributed by atoms with Crippen molar-refractivity contribution in [3.05, 3.63) is 46.8 Å². The highest BCUT2D eigenvalue weighted by Crippen LogP contribution is 2.33. The molecule has 0 radical (unpaired) electrons. The fourth-order valence-corrected chi connectivity index (χ4v) is 1.88. The fourth-order valence-electron chi connectivity index (χ4n) is 1.88. The number of nitrogens with zero attached hydrogens (tertiary/aromatic N) is 4. The second kappa shape index (κ2) is 3.59. The van der Waals surface area contributed by atoms with Gasteiger partial charge < -0.3 is 4.57 Å². The maximum Gasteiger partial charge on any atom is 0.294 e. The van der Waals surface area contributed by atoms with E-state index >= 15 is 0 Å². The van der Waals surface area contributed by atoms with Gasteiger partial charge in [-0.05, 0) is 25.0 Å². The van der Waals surface area contributed by atoms with E-state index in [0.29, 0.717) is 17.6 Å². The van der Waals surface area contributed by atoms with Crippen LogP contribution in [0.4, 0.5) is 0 Å². The summed E-state index contributed by atoms with van der Waals surface area (Å²) in [6.45, 7) is 0. The van der Waals surface area contributed by atoms with Crippen molar-refractivity contribution < 1.29 is 0 Å². The standard InChI is InChI=1S/C12H10N4O/c13-8-10-2-1-6-15(10)11-12(17)16(7-5-14-11)9-3-4-9/h1-2,5-7,9H,3-4H2. The minimum absolute atomic E-state index is 0.136. The first-order chi connectivity index (χ1) is 8.31. The molecule has 0 unspecified atom stereocenters. The van der Waals surface area contributed by atoms with Crippen molar-refractivity contribution in [2.75, 3.05) is 0 Å². The second-order valence-corrected chi connectivity index (χ2v) is 4.07. The molecule has 2 aromatic rings. The van der Waals surface area contributed by atoms with Crippen molar-refractivity contribution in [3.8, 4) is 11.9 Å². The van der Waals surface area contributed by atoms with Gasteiger partial charge in [0, 0.05) is 24.6 Å². The van der Waals surface area contributed by atoms with Crippen molar-refractivity contribution >= 4 is 0 Å². The largest absolute Gasteiger partial charge is 0.308 e. The Bertz CT molecular complexity index is 658. The lowest BCUT2D eigenvalue weighted by atomic mass is 10.4. The van der Waals surface area contributed by atoms with Crippen LogP contribution in [0.2, 0.25) is 0 Å². The van der Waals surface area contributed by atoms with Gasteiger partial charge >= 0.3 is 0 Å². The Kier molecular flexibility index (Phi) is 2.08. The van der Waals surface area contributed by atoms with E-state index in [1.165, 1.54) is 4.57 Å². The summed E-state index contributed by atoms with van der Waals surface area (Å²) in [5, 5.41) is 8.94. The molecule has 1 fully saturated rings. The minimum atomic E-state index is -0.136. The predicted octanol–water partition coefficient (Wildman–Crippen LogP) is 1.24. The Morgan fingerprint density at radius 1 is 1.41 bits per heavy atom. The lowest BCUT2D eigenvalue weighted by Gasteiger charge is -2.07. The van der Waals surface area contributed by atoms with E-state index in [2.05, 4.69) is 4.98 Å². The Labute approximate surface area is 97.6 Å². The summed E-state index contributed by atoms with van der Waals surface area (Å²) in [5.74, 6) is 0.293. The summed E-state index contributed by atoms with van der Waals surface area (Å²) in [4.78, 5) is 16.3. The molecule has 0 atom stereocenters. The molecule has 84 valence electrons. The molecule has 5 nitrogen and oxygen atoms in total. The number of aromatic nitrogens is 3. The first-order valence-corrected chi connectivity index (χ1v) is 5.46. The van der Waals surface area contributed by atoms with Crippen LogP contribution in [0.25, 0.3) is 5.82 Å². The Morgan fingerprint density at radius 2 is 2.24 bits per heavy atom. The van der Waals surface area contributed by atoms with Gasteiger partial charge in [0.15, 0.2) is 0 Å². The summed E-state index contributed by atoms with van der Waals surface area (Å²) in [7, 11) is 0. The second-order valence-electron chi connectivity index (χ2n) is 4.07. The van der Waals surface area contributed by atoms with Crippen LogP contribution < -0.4 is 5.56 Å². The van der Waals surface area contributed by atoms with Gasteiger partial charge in [-0.25, -0.2) is 4.98 Å². The van der Waals surface area contributed by atoms with Crippen LogP contribution in [0, 0.1) is 11.3 Å². The zero-order valence-electron chi connectivity index (χ0n) is 9.08. The van der Waals surface area contributed by atoms with Crippen molar-refractivity contribution in [2.45, 2.75) is 18.9 Å². The van der Waals surface area contributed by atoms with Gasteiger partial charge in [0.2, 0.25) is 5.82 Å². The van der Waals surface area contributed by atoms with Crippen LogP contribution in [0.5, 0.6) is 0 Å². The van der Waals surface area contributed by atoms with Gasteiger partial charge in [0.1, 0.15) is 11.8 Å². The smallest absolute Gasteiger partial charge is 0.294 e. The fraction of sp³-hybridized carbons (Fsp3) is 0.250. The molecule has 2 heterocycles. The van der Waals surface area contributed by atoms with E-state index in [1.807, 2.05) is 6.07 Å². The molecule has 2 aromatic heterocycles. The molecule has 3 rings (SSSR count). The molecule has 1 aliphatic carbocycles. The van der Waals surface area contributed by atoms with Gasteiger partial charge in [-0.15, -0.1) is 0 Å². The zero-order chi connectivity index (χ0) is 11.8. The average Bonchev–Trinajstić information content (AvgIpc) is 3.07.